The quantitative estimate of drug-likeness (QED) is 0.325. The number of rotatable bonds is 9. The molecule has 0 aliphatic carbocycles. The van der Waals surface area contributed by atoms with Crippen LogP contribution >= 0.6 is 0 Å². The van der Waals surface area contributed by atoms with Crippen molar-refractivity contribution in [2.45, 2.75) is 33.0 Å². The van der Waals surface area contributed by atoms with E-state index in [1.54, 1.807) is 24.3 Å². The second-order valence-corrected chi connectivity index (χ2v) is 7.02. The first-order valence-electron chi connectivity index (χ1n) is 9.77. The van der Waals surface area contributed by atoms with Crippen LogP contribution in [-0.2, 0) is 4.79 Å². The first-order valence-corrected chi connectivity index (χ1v) is 9.77. The van der Waals surface area contributed by atoms with E-state index in [0.29, 0.717) is 22.9 Å². The van der Waals surface area contributed by atoms with Gasteiger partial charge in [-0.2, -0.15) is 22.7 Å². The van der Waals surface area contributed by atoms with Gasteiger partial charge in [0.1, 0.15) is 17.3 Å². The Bertz CT molecular complexity index is 1130. The molecule has 0 saturated carbocycles. The van der Waals surface area contributed by atoms with Crippen LogP contribution < -0.4 is 14.8 Å². The lowest BCUT2D eigenvalue weighted by atomic mass is 10.1. The maximum Gasteiger partial charge on any atom is 0.387 e. The monoisotopic (exact) mass is 464 g/mol. The molecule has 7 nitrogen and oxygen atoms in total. The highest BCUT2D eigenvalue weighted by Crippen LogP contribution is 2.29. The van der Waals surface area contributed by atoms with Crippen LogP contribution in [0.2, 0.25) is 0 Å². The van der Waals surface area contributed by atoms with E-state index in [4.69, 9.17) is 0 Å². The lowest BCUT2D eigenvalue weighted by molar-refractivity contribution is -0.111. The van der Waals surface area contributed by atoms with Gasteiger partial charge >= 0.3 is 13.2 Å². The van der Waals surface area contributed by atoms with Gasteiger partial charge in [-0.3, -0.25) is 9.89 Å². The van der Waals surface area contributed by atoms with Crippen molar-refractivity contribution in [3.63, 3.8) is 0 Å². The molecule has 3 aromatic rings. The molecule has 0 saturated heterocycles. The van der Waals surface area contributed by atoms with Gasteiger partial charge in [0.2, 0.25) is 5.91 Å². The standard InChI is InChI=1S/C22H20F4N4O3/c1-12(2)19-28-20(30-29-19)15-5-3-4-6-16(15)27-18(31)10-8-13-7-9-14(32-21(23)24)11-17(13)33-22(25)26/h3-12,21-22H,1-2H3,(H,27,31)(H,28,29,30). The number of amides is 1. The van der Waals surface area contributed by atoms with Gasteiger partial charge in [0.15, 0.2) is 5.82 Å². The van der Waals surface area contributed by atoms with Crippen LogP contribution in [0.15, 0.2) is 48.5 Å². The summed E-state index contributed by atoms with van der Waals surface area (Å²) in [4.78, 5) is 16.9. The summed E-state index contributed by atoms with van der Waals surface area (Å²) >= 11 is 0. The van der Waals surface area contributed by atoms with Crippen LogP contribution in [0.1, 0.15) is 31.2 Å². The van der Waals surface area contributed by atoms with Gasteiger partial charge in [0.25, 0.3) is 0 Å². The average Bonchev–Trinajstić information content (AvgIpc) is 3.23. The first kappa shape index (κ1) is 23.8. The Morgan fingerprint density at radius 2 is 1.79 bits per heavy atom. The van der Waals surface area contributed by atoms with E-state index >= 15 is 0 Å². The van der Waals surface area contributed by atoms with Crippen molar-refractivity contribution < 1.29 is 31.8 Å². The molecule has 0 aliphatic heterocycles. The van der Waals surface area contributed by atoms with E-state index < -0.39 is 24.9 Å². The van der Waals surface area contributed by atoms with E-state index in [1.165, 1.54) is 12.1 Å². The summed E-state index contributed by atoms with van der Waals surface area (Å²) in [7, 11) is 0. The smallest absolute Gasteiger partial charge is 0.387 e. The van der Waals surface area contributed by atoms with E-state index in [-0.39, 0.29) is 17.2 Å². The molecule has 1 heterocycles. The number of benzene rings is 2. The molecule has 174 valence electrons. The Morgan fingerprint density at radius 1 is 1.06 bits per heavy atom. The highest BCUT2D eigenvalue weighted by Gasteiger charge is 2.14. The largest absolute Gasteiger partial charge is 0.435 e. The normalized spacial score (nSPS) is 11.5. The van der Waals surface area contributed by atoms with Crippen molar-refractivity contribution in [1.29, 1.82) is 0 Å². The fraction of sp³-hybridized carbons (Fsp3) is 0.227. The fourth-order valence-corrected chi connectivity index (χ4v) is 2.81. The number of para-hydroxylation sites is 1. The summed E-state index contributed by atoms with van der Waals surface area (Å²) in [6.07, 6.45) is 2.31. The molecule has 0 unspecified atom stereocenters. The lowest BCUT2D eigenvalue weighted by Gasteiger charge is -2.11. The Labute approximate surface area is 186 Å². The zero-order valence-electron chi connectivity index (χ0n) is 17.6. The molecule has 2 N–H and O–H groups in total. The molecule has 33 heavy (non-hydrogen) atoms. The van der Waals surface area contributed by atoms with Gasteiger partial charge in [-0.15, -0.1) is 0 Å². The van der Waals surface area contributed by atoms with E-state index in [0.717, 1.165) is 18.2 Å². The number of ether oxygens (including phenoxy) is 2. The van der Waals surface area contributed by atoms with Crippen LogP contribution in [0, 0.1) is 0 Å². The summed E-state index contributed by atoms with van der Waals surface area (Å²) in [6, 6.07) is 10.1. The number of halogens is 4. The summed E-state index contributed by atoms with van der Waals surface area (Å²) in [5.74, 6) is -0.119. The second kappa shape index (κ2) is 10.6. The van der Waals surface area contributed by atoms with Crippen molar-refractivity contribution >= 4 is 17.7 Å². The number of nitrogens with one attached hydrogen (secondary N) is 2. The first-order chi connectivity index (χ1) is 15.7. The van der Waals surface area contributed by atoms with Crippen LogP contribution in [0.5, 0.6) is 11.5 Å². The SMILES string of the molecule is CC(C)c1nc(-c2ccccc2NC(=O)C=Cc2ccc(OC(F)F)cc2OC(F)F)n[nH]1. The molecule has 1 amide bonds. The number of aromatic amines is 1. The number of H-pyrrole nitrogens is 1. The summed E-state index contributed by atoms with van der Waals surface area (Å²) in [5.41, 5.74) is 1.08. The zero-order chi connectivity index (χ0) is 24.0. The molecule has 0 radical (unpaired) electrons. The van der Waals surface area contributed by atoms with E-state index in [9.17, 15) is 22.4 Å². The molecular weight excluding hydrogens is 444 g/mol. The van der Waals surface area contributed by atoms with Gasteiger partial charge in [-0.1, -0.05) is 26.0 Å². The second-order valence-electron chi connectivity index (χ2n) is 7.02. The number of carbonyl (C=O) groups excluding carboxylic acids is 1. The Balaban J connectivity index is 1.79. The minimum absolute atomic E-state index is 0.0656. The Kier molecular flexibility index (Phi) is 7.65. The van der Waals surface area contributed by atoms with Crippen molar-refractivity contribution in [3.8, 4) is 22.9 Å². The Morgan fingerprint density at radius 3 is 2.45 bits per heavy atom. The minimum Gasteiger partial charge on any atom is -0.435 e. The fourth-order valence-electron chi connectivity index (χ4n) is 2.81. The molecule has 11 heteroatoms. The van der Waals surface area contributed by atoms with Crippen molar-refractivity contribution in [3.05, 3.63) is 59.9 Å². The highest BCUT2D eigenvalue weighted by atomic mass is 19.3. The lowest BCUT2D eigenvalue weighted by Crippen LogP contribution is -2.09. The topological polar surface area (TPSA) is 89.1 Å². The molecule has 2 aromatic carbocycles. The van der Waals surface area contributed by atoms with Gasteiger partial charge in [-0.25, -0.2) is 4.98 Å². The number of alkyl halides is 4. The molecule has 0 fully saturated rings. The predicted molar refractivity (Wildman–Crippen MR) is 113 cm³/mol. The van der Waals surface area contributed by atoms with Crippen LogP contribution in [0.25, 0.3) is 17.5 Å². The van der Waals surface area contributed by atoms with Gasteiger partial charge < -0.3 is 14.8 Å². The zero-order valence-corrected chi connectivity index (χ0v) is 17.6. The predicted octanol–water partition coefficient (Wildman–Crippen LogP) is 5.45. The number of anilines is 1. The molecule has 0 spiro atoms. The van der Waals surface area contributed by atoms with Crippen molar-refractivity contribution in [2.24, 2.45) is 0 Å². The van der Waals surface area contributed by atoms with E-state index in [2.05, 4.69) is 30.0 Å². The molecule has 3 rings (SSSR count). The van der Waals surface area contributed by atoms with Crippen molar-refractivity contribution in [2.75, 3.05) is 5.32 Å². The van der Waals surface area contributed by atoms with Crippen molar-refractivity contribution in [1.82, 2.24) is 15.2 Å². The highest BCUT2D eigenvalue weighted by molar-refractivity contribution is 6.04. The third-order valence-electron chi connectivity index (χ3n) is 4.32. The van der Waals surface area contributed by atoms with Gasteiger partial charge in [-0.05, 0) is 30.3 Å². The molecule has 0 bridgehead atoms. The van der Waals surface area contributed by atoms with Crippen LogP contribution in [0.3, 0.4) is 0 Å². The van der Waals surface area contributed by atoms with Gasteiger partial charge in [0.05, 0.1) is 5.69 Å². The van der Waals surface area contributed by atoms with Crippen LogP contribution in [0.4, 0.5) is 23.2 Å². The minimum atomic E-state index is -3.20. The Hall–Kier alpha value is -3.89. The molecule has 0 atom stereocenters. The maximum absolute atomic E-state index is 12.7. The molecular formula is C22H20F4N4O3. The third kappa shape index (κ3) is 6.55. The number of hydrogen-bond acceptors (Lipinski definition) is 5. The number of nitrogens with zero attached hydrogens (tertiary/aromatic N) is 2. The van der Waals surface area contributed by atoms with E-state index in [1.807, 2.05) is 13.8 Å². The number of carbonyl (C=O) groups is 1. The molecule has 1 aromatic heterocycles. The average molecular weight is 464 g/mol. The number of aromatic nitrogens is 3. The molecule has 0 aliphatic rings. The third-order valence-corrected chi connectivity index (χ3v) is 4.32. The summed E-state index contributed by atoms with van der Waals surface area (Å²) < 4.78 is 58.7. The summed E-state index contributed by atoms with van der Waals surface area (Å²) in [6.45, 7) is -2.41. The van der Waals surface area contributed by atoms with Gasteiger partial charge in [0, 0.05) is 29.2 Å². The van der Waals surface area contributed by atoms with Crippen LogP contribution in [-0.4, -0.2) is 34.3 Å². The maximum atomic E-state index is 12.7. The number of hydrogen-bond donors (Lipinski definition) is 2. The summed E-state index contributed by atoms with van der Waals surface area (Å²) in [5, 5.41) is 9.71.